The maximum atomic E-state index is 14.0. The third kappa shape index (κ3) is 3.98. The van der Waals surface area contributed by atoms with Gasteiger partial charge in [0.15, 0.2) is 0 Å². The molecule has 9 heteroatoms. The molecular formula is C20H18F2N4O3. The standard InChI is InChI=1S/C20H18F2N4O3/c1-11-18(22)8-14(9-19(11)26(28)29)20(27)24-12(2)17-10-23-25(13(17)3)16-6-4-15(21)5-7-16/h4-10,12H,1-3H3,(H,24,27). The van der Waals surface area contributed by atoms with Gasteiger partial charge in [-0.15, -0.1) is 0 Å². The molecule has 1 aromatic heterocycles. The number of hydrogen-bond acceptors (Lipinski definition) is 4. The molecule has 7 nitrogen and oxygen atoms in total. The van der Waals surface area contributed by atoms with E-state index in [2.05, 4.69) is 10.4 Å². The van der Waals surface area contributed by atoms with Gasteiger partial charge in [-0.05, 0) is 51.1 Å². The first-order valence-electron chi connectivity index (χ1n) is 8.75. The molecule has 1 amide bonds. The Bertz CT molecular complexity index is 1090. The zero-order chi connectivity index (χ0) is 21.3. The average molecular weight is 400 g/mol. The Morgan fingerprint density at radius 1 is 1.21 bits per heavy atom. The highest BCUT2D eigenvalue weighted by atomic mass is 19.1. The highest BCUT2D eigenvalue weighted by Gasteiger charge is 2.22. The number of hydrogen-bond donors (Lipinski definition) is 1. The van der Waals surface area contributed by atoms with Crippen LogP contribution in [0.1, 0.15) is 40.1 Å². The fourth-order valence-electron chi connectivity index (χ4n) is 3.03. The van der Waals surface area contributed by atoms with Crippen LogP contribution in [0.25, 0.3) is 5.69 Å². The lowest BCUT2D eigenvalue weighted by molar-refractivity contribution is -0.385. The van der Waals surface area contributed by atoms with E-state index in [1.807, 2.05) is 0 Å². The lowest BCUT2D eigenvalue weighted by Gasteiger charge is -2.14. The van der Waals surface area contributed by atoms with Crippen LogP contribution in [-0.2, 0) is 0 Å². The Morgan fingerprint density at radius 3 is 2.48 bits per heavy atom. The third-order valence-corrected chi connectivity index (χ3v) is 4.71. The largest absolute Gasteiger partial charge is 0.345 e. The van der Waals surface area contributed by atoms with E-state index in [1.165, 1.54) is 19.1 Å². The Labute approximate surface area is 165 Å². The number of carbonyl (C=O) groups excluding carboxylic acids is 1. The van der Waals surface area contributed by atoms with Gasteiger partial charge in [0.2, 0.25) is 0 Å². The maximum absolute atomic E-state index is 14.0. The van der Waals surface area contributed by atoms with Crippen molar-refractivity contribution in [2.45, 2.75) is 26.8 Å². The molecule has 0 spiro atoms. The molecule has 0 aliphatic carbocycles. The molecule has 0 saturated carbocycles. The van der Waals surface area contributed by atoms with Crippen molar-refractivity contribution < 1.29 is 18.5 Å². The summed E-state index contributed by atoms with van der Waals surface area (Å²) >= 11 is 0. The molecule has 0 bridgehead atoms. The van der Waals surface area contributed by atoms with Crippen molar-refractivity contribution in [1.29, 1.82) is 0 Å². The molecule has 1 unspecified atom stereocenters. The summed E-state index contributed by atoms with van der Waals surface area (Å²) in [6.07, 6.45) is 1.57. The Balaban J connectivity index is 1.84. The van der Waals surface area contributed by atoms with Crippen LogP contribution in [0.5, 0.6) is 0 Å². The highest BCUT2D eigenvalue weighted by Crippen LogP contribution is 2.24. The van der Waals surface area contributed by atoms with Crippen molar-refractivity contribution in [3.05, 3.63) is 86.7 Å². The van der Waals surface area contributed by atoms with E-state index in [4.69, 9.17) is 0 Å². The Kier molecular flexibility index (Phi) is 5.40. The van der Waals surface area contributed by atoms with Crippen LogP contribution in [0.2, 0.25) is 0 Å². The first kappa shape index (κ1) is 20.1. The summed E-state index contributed by atoms with van der Waals surface area (Å²) in [5, 5.41) is 18.0. The average Bonchev–Trinajstić information content (AvgIpc) is 3.05. The van der Waals surface area contributed by atoms with Gasteiger partial charge < -0.3 is 5.32 Å². The minimum atomic E-state index is -0.822. The van der Waals surface area contributed by atoms with Crippen LogP contribution < -0.4 is 5.32 Å². The first-order chi connectivity index (χ1) is 13.7. The second-order valence-electron chi connectivity index (χ2n) is 6.63. The molecule has 150 valence electrons. The van der Waals surface area contributed by atoms with Gasteiger partial charge in [-0.25, -0.2) is 13.5 Å². The molecule has 2 aromatic carbocycles. The lowest BCUT2D eigenvalue weighted by Crippen LogP contribution is -2.27. The van der Waals surface area contributed by atoms with Crippen LogP contribution in [0.4, 0.5) is 14.5 Å². The molecule has 3 aromatic rings. The number of carbonyl (C=O) groups is 1. The number of benzene rings is 2. The number of nitro groups is 1. The fourth-order valence-corrected chi connectivity index (χ4v) is 3.03. The second kappa shape index (κ2) is 7.78. The number of rotatable bonds is 5. The Morgan fingerprint density at radius 2 is 1.86 bits per heavy atom. The van der Waals surface area contributed by atoms with E-state index in [0.29, 0.717) is 11.3 Å². The lowest BCUT2D eigenvalue weighted by atomic mass is 10.1. The monoisotopic (exact) mass is 400 g/mol. The Hall–Kier alpha value is -3.62. The number of nitrogens with one attached hydrogen (secondary N) is 1. The molecule has 29 heavy (non-hydrogen) atoms. The number of nitrogens with zero attached hydrogens (tertiary/aromatic N) is 3. The summed E-state index contributed by atoms with van der Waals surface area (Å²) in [5.74, 6) is -1.83. The van der Waals surface area contributed by atoms with Gasteiger partial charge in [0.25, 0.3) is 11.6 Å². The molecule has 0 radical (unpaired) electrons. The topological polar surface area (TPSA) is 90.1 Å². The maximum Gasteiger partial charge on any atom is 0.276 e. The molecule has 3 rings (SSSR count). The van der Waals surface area contributed by atoms with Crippen LogP contribution in [0, 0.1) is 35.6 Å². The quantitative estimate of drug-likeness (QED) is 0.514. The van der Waals surface area contributed by atoms with Crippen LogP contribution >= 0.6 is 0 Å². The summed E-state index contributed by atoms with van der Waals surface area (Å²) in [5.41, 5.74) is 1.36. The van der Waals surface area contributed by atoms with E-state index in [0.717, 1.165) is 17.8 Å². The zero-order valence-corrected chi connectivity index (χ0v) is 15.9. The van der Waals surface area contributed by atoms with E-state index in [-0.39, 0.29) is 16.9 Å². The van der Waals surface area contributed by atoms with Crippen molar-refractivity contribution in [2.75, 3.05) is 0 Å². The normalized spacial score (nSPS) is 11.9. The SMILES string of the molecule is Cc1c(F)cc(C(=O)NC(C)c2cnn(-c3ccc(F)cc3)c2C)cc1[N+](=O)[O-]. The van der Waals surface area contributed by atoms with Gasteiger partial charge in [0.1, 0.15) is 11.6 Å². The summed E-state index contributed by atoms with van der Waals surface area (Å²) in [7, 11) is 0. The van der Waals surface area contributed by atoms with Gasteiger partial charge in [-0.2, -0.15) is 5.10 Å². The van der Waals surface area contributed by atoms with Crippen molar-refractivity contribution in [2.24, 2.45) is 0 Å². The van der Waals surface area contributed by atoms with Gasteiger partial charge in [-0.3, -0.25) is 14.9 Å². The van der Waals surface area contributed by atoms with Crippen LogP contribution in [0.3, 0.4) is 0 Å². The fraction of sp³-hybridized carbons (Fsp3) is 0.200. The molecule has 1 heterocycles. The predicted octanol–water partition coefficient (Wildman–Crippen LogP) is 4.17. The molecule has 0 fully saturated rings. The van der Waals surface area contributed by atoms with E-state index in [9.17, 15) is 23.7 Å². The molecule has 1 N–H and O–H groups in total. The summed E-state index contributed by atoms with van der Waals surface area (Å²) in [6, 6.07) is 7.32. The third-order valence-electron chi connectivity index (χ3n) is 4.71. The molecule has 0 aliphatic heterocycles. The van der Waals surface area contributed by atoms with Crippen LogP contribution in [0.15, 0.2) is 42.6 Å². The predicted molar refractivity (Wildman–Crippen MR) is 102 cm³/mol. The van der Waals surface area contributed by atoms with E-state index >= 15 is 0 Å². The van der Waals surface area contributed by atoms with Gasteiger partial charge in [-0.1, -0.05) is 0 Å². The van der Waals surface area contributed by atoms with Gasteiger partial charge in [0, 0.05) is 22.9 Å². The highest BCUT2D eigenvalue weighted by molar-refractivity contribution is 5.95. The zero-order valence-electron chi connectivity index (χ0n) is 15.9. The van der Waals surface area contributed by atoms with Gasteiger partial charge >= 0.3 is 0 Å². The summed E-state index contributed by atoms with van der Waals surface area (Å²) < 4.78 is 28.7. The smallest absolute Gasteiger partial charge is 0.276 e. The minimum Gasteiger partial charge on any atom is -0.345 e. The number of amides is 1. The first-order valence-corrected chi connectivity index (χ1v) is 8.75. The van der Waals surface area contributed by atoms with E-state index < -0.39 is 28.4 Å². The number of aromatic nitrogens is 2. The number of halogens is 2. The van der Waals surface area contributed by atoms with Gasteiger partial charge in [0.05, 0.1) is 28.4 Å². The van der Waals surface area contributed by atoms with Crippen molar-refractivity contribution in [3.8, 4) is 5.69 Å². The van der Waals surface area contributed by atoms with E-state index in [1.54, 1.807) is 36.9 Å². The molecular weight excluding hydrogens is 382 g/mol. The second-order valence-corrected chi connectivity index (χ2v) is 6.63. The summed E-state index contributed by atoms with van der Waals surface area (Å²) in [4.78, 5) is 22.9. The molecule has 1 atom stereocenters. The van der Waals surface area contributed by atoms with Crippen LogP contribution in [-0.4, -0.2) is 20.6 Å². The summed E-state index contributed by atoms with van der Waals surface area (Å²) in [6.45, 7) is 4.80. The molecule has 0 aliphatic rings. The number of nitro benzene ring substituents is 1. The minimum absolute atomic E-state index is 0.129. The van der Waals surface area contributed by atoms with Crippen molar-refractivity contribution in [1.82, 2.24) is 15.1 Å². The van der Waals surface area contributed by atoms with Crippen molar-refractivity contribution >= 4 is 11.6 Å². The van der Waals surface area contributed by atoms with Crippen molar-refractivity contribution in [3.63, 3.8) is 0 Å². The molecule has 0 saturated heterocycles.